The normalized spacial score (nSPS) is 23.7. The summed E-state index contributed by atoms with van der Waals surface area (Å²) in [5, 5.41) is 0.268. The van der Waals surface area contributed by atoms with Gasteiger partial charge in [-0.2, -0.15) is 0 Å². The van der Waals surface area contributed by atoms with Crippen LogP contribution in [-0.2, 0) is 5.54 Å². The van der Waals surface area contributed by atoms with E-state index in [2.05, 4.69) is 4.90 Å². The van der Waals surface area contributed by atoms with Crippen molar-refractivity contribution < 1.29 is 4.39 Å². The second-order valence-corrected chi connectivity index (χ2v) is 6.68. The molecule has 0 atom stereocenters. The number of piperidine rings is 1. The number of nitrogens with zero attached hydrogens (tertiary/aromatic N) is 1. The smallest absolute Gasteiger partial charge is 0.141 e. The first-order valence-electron chi connectivity index (χ1n) is 7.93. The van der Waals surface area contributed by atoms with Crippen LogP contribution in [0.25, 0.3) is 0 Å². The zero-order chi connectivity index (χ0) is 14.0. The van der Waals surface area contributed by atoms with Gasteiger partial charge in [0.1, 0.15) is 5.82 Å². The molecule has 2 aliphatic rings. The molecule has 0 aromatic heterocycles. The van der Waals surface area contributed by atoms with Gasteiger partial charge in [0.15, 0.2) is 0 Å². The highest BCUT2D eigenvalue weighted by molar-refractivity contribution is 6.30. The standard InChI is InChI=1S/C17H23ClFN/c18-15-13-14(7-8-16(15)19)17(9-3-1-4-10-17)20-11-5-2-6-12-20/h7-8,13H,1-6,9-12H2. The fourth-order valence-corrected chi connectivity index (χ4v) is 4.21. The molecule has 0 N–H and O–H groups in total. The maximum absolute atomic E-state index is 13.5. The molecule has 0 amide bonds. The summed E-state index contributed by atoms with van der Waals surface area (Å²) in [5.74, 6) is -0.306. The third-order valence-corrected chi connectivity index (χ3v) is 5.39. The molecule has 1 heterocycles. The van der Waals surface area contributed by atoms with E-state index in [0.717, 1.165) is 0 Å². The summed E-state index contributed by atoms with van der Waals surface area (Å²) >= 11 is 6.04. The van der Waals surface area contributed by atoms with Crippen molar-refractivity contribution in [3.63, 3.8) is 0 Å². The first kappa shape index (κ1) is 14.3. The summed E-state index contributed by atoms with van der Waals surface area (Å²) in [5.41, 5.74) is 1.33. The first-order valence-corrected chi connectivity index (χ1v) is 8.31. The number of hydrogen-bond donors (Lipinski definition) is 0. The molecule has 1 saturated heterocycles. The predicted octanol–water partition coefficient (Wildman–Crippen LogP) is 5.12. The molecule has 20 heavy (non-hydrogen) atoms. The third-order valence-electron chi connectivity index (χ3n) is 5.10. The van der Waals surface area contributed by atoms with Crippen molar-refractivity contribution >= 4 is 11.6 Å². The molecule has 0 radical (unpaired) electrons. The van der Waals surface area contributed by atoms with E-state index in [9.17, 15) is 4.39 Å². The van der Waals surface area contributed by atoms with Gasteiger partial charge in [-0.1, -0.05) is 43.4 Å². The fourth-order valence-electron chi connectivity index (χ4n) is 4.03. The summed E-state index contributed by atoms with van der Waals surface area (Å²) < 4.78 is 13.5. The number of halogens is 2. The van der Waals surface area contributed by atoms with E-state index < -0.39 is 0 Å². The van der Waals surface area contributed by atoms with Crippen molar-refractivity contribution in [2.24, 2.45) is 0 Å². The van der Waals surface area contributed by atoms with E-state index in [1.165, 1.54) is 76.1 Å². The molecule has 3 heteroatoms. The van der Waals surface area contributed by atoms with Gasteiger partial charge in [0.2, 0.25) is 0 Å². The topological polar surface area (TPSA) is 3.24 Å². The van der Waals surface area contributed by atoms with E-state index in [0.29, 0.717) is 0 Å². The Morgan fingerprint density at radius 1 is 0.950 bits per heavy atom. The van der Waals surface area contributed by atoms with Crippen molar-refractivity contribution in [3.05, 3.63) is 34.6 Å². The summed E-state index contributed by atoms with van der Waals surface area (Å²) in [6.07, 6.45) is 10.2. The maximum Gasteiger partial charge on any atom is 0.141 e. The molecular weight excluding hydrogens is 273 g/mol. The summed E-state index contributed by atoms with van der Waals surface area (Å²) in [6, 6.07) is 5.37. The average molecular weight is 296 g/mol. The number of likely N-dealkylation sites (tertiary alicyclic amines) is 1. The molecule has 0 unspecified atom stereocenters. The monoisotopic (exact) mass is 295 g/mol. The predicted molar refractivity (Wildman–Crippen MR) is 81.6 cm³/mol. The van der Waals surface area contributed by atoms with Crippen LogP contribution >= 0.6 is 11.6 Å². The Hall–Kier alpha value is -0.600. The molecule has 0 bridgehead atoms. The van der Waals surface area contributed by atoms with Crippen LogP contribution in [0.4, 0.5) is 4.39 Å². The highest BCUT2D eigenvalue weighted by Crippen LogP contribution is 2.44. The molecule has 1 nitrogen and oxygen atoms in total. The van der Waals surface area contributed by atoms with E-state index in [1.807, 2.05) is 12.1 Å². The van der Waals surface area contributed by atoms with Gasteiger partial charge < -0.3 is 0 Å². The molecule has 3 rings (SSSR count). The minimum absolute atomic E-state index is 0.107. The van der Waals surface area contributed by atoms with Crippen LogP contribution in [0.15, 0.2) is 18.2 Å². The van der Waals surface area contributed by atoms with Gasteiger partial charge in [-0.05, 0) is 56.5 Å². The van der Waals surface area contributed by atoms with Gasteiger partial charge in [-0.25, -0.2) is 4.39 Å². The highest BCUT2D eigenvalue weighted by Gasteiger charge is 2.40. The van der Waals surface area contributed by atoms with Crippen LogP contribution < -0.4 is 0 Å². The number of hydrogen-bond acceptors (Lipinski definition) is 1. The number of rotatable bonds is 2. The van der Waals surface area contributed by atoms with E-state index in [4.69, 9.17) is 11.6 Å². The Bertz CT molecular complexity index is 462. The molecule has 2 fully saturated rings. The minimum Gasteiger partial charge on any atom is -0.294 e. The van der Waals surface area contributed by atoms with Crippen LogP contribution in [-0.4, -0.2) is 18.0 Å². The molecular formula is C17H23ClFN. The van der Waals surface area contributed by atoms with Gasteiger partial charge in [0.05, 0.1) is 5.02 Å². The molecule has 1 aliphatic carbocycles. The Balaban J connectivity index is 1.97. The summed E-state index contributed by atoms with van der Waals surface area (Å²) in [4.78, 5) is 2.65. The van der Waals surface area contributed by atoms with E-state index in [-0.39, 0.29) is 16.4 Å². The maximum atomic E-state index is 13.5. The van der Waals surface area contributed by atoms with Crippen LogP contribution in [0, 0.1) is 5.82 Å². The van der Waals surface area contributed by atoms with Crippen molar-refractivity contribution in [1.29, 1.82) is 0 Å². The number of benzene rings is 1. The van der Waals surface area contributed by atoms with Crippen molar-refractivity contribution in [3.8, 4) is 0 Å². The quantitative estimate of drug-likeness (QED) is 0.731. The lowest BCUT2D eigenvalue weighted by Gasteiger charge is -2.48. The zero-order valence-electron chi connectivity index (χ0n) is 12.0. The lowest BCUT2D eigenvalue weighted by Crippen LogP contribution is -2.49. The van der Waals surface area contributed by atoms with Crippen LogP contribution in [0.3, 0.4) is 0 Å². The second kappa shape index (κ2) is 6.03. The Kier molecular flexibility index (Phi) is 4.32. The summed E-state index contributed by atoms with van der Waals surface area (Å²) in [7, 11) is 0. The average Bonchev–Trinajstić information content (AvgIpc) is 2.51. The Morgan fingerprint density at radius 2 is 1.60 bits per heavy atom. The van der Waals surface area contributed by atoms with Gasteiger partial charge in [-0.15, -0.1) is 0 Å². The van der Waals surface area contributed by atoms with Crippen molar-refractivity contribution in [1.82, 2.24) is 4.90 Å². The SMILES string of the molecule is Fc1ccc(C2(N3CCCCC3)CCCCC2)cc1Cl. The van der Waals surface area contributed by atoms with Gasteiger partial charge in [0, 0.05) is 5.54 Å². The van der Waals surface area contributed by atoms with Crippen molar-refractivity contribution in [2.45, 2.75) is 56.9 Å². The van der Waals surface area contributed by atoms with Crippen LogP contribution in [0.2, 0.25) is 5.02 Å². The lowest BCUT2D eigenvalue weighted by molar-refractivity contribution is 0.0303. The molecule has 0 spiro atoms. The van der Waals surface area contributed by atoms with E-state index >= 15 is 0 Å². The first-order chi connectivity index (χ1) is 9.72. The summed E-state index contributed by atoms with van der Waals surface area (Å²) in [6.45, 7) is 2.35. The molecule has 110 valence electrons. The molecule has 1 aromatic rings. The minimum atomic E-state index is -0.306. The molecule has 1 saturated carbocycles. The fraction of sp³-hybridized carbons (Fsp3) is 0.647. The second-order valence-electron chi connectivity index (χ2n) is 6.27. The van der Waals surface area contributed by atoms with Gasteiger partial charge in [-0.3, -0.25) is 4.90 Å². The molecule has 1 aliphatic heterocycles. The molecule has 1 aromatic carbocycles. The van der Waals surface area contributed by atoms with Crippen LogP contribution in [0.5, 0.6) is 0 Å². The van der Waals surface area contributed by atoms with Gasteiger partial charge >= 0.3 is 0 Å². The van der Waals surface area contributed by atoms with Crippen LogP contribution in [0.1, 0.15) is 56.9 Å². The van der Waals surface area contributed by atoms with Gasteiger partial charge in [0.25, 0.3) is 0 Å². The third kappa shape index (κ3) is 2.60. The zero-order valence-corrected chi connectivity index (χ0v) is 12.8. The lowest BCUT2D eigenvalue weighted by atomic mass is 9.74. The largest absolute Gasteiger partial charge is 0.294 e. The highest BCUT2D eigenvalue weighted by atomic mass is 35.5. The Labute approximate surface area is 126 Å². The Morgan fingerprint density at radius 3 is 2.25 bits per heavy atom. The van der Waals surface area contributed by atoms with Crippen molar-refractivity contribution in [2.75, 3.05) is 13.1 Å². The van der Waals surface area contributed by atoms with E-state index in [1.54, 1.807) is 0 Å².